The number of hydrogen-bond acceptors (Lipinski definition) is 4. The second kappa shape index (κ2) is 7.85. The molecule has 1 aromatic carbocycles. The Kier molecular flexibility index (Phi) is 5.71. The minimum atomic E-state index is -3.62. The van der Waals surface area contributed by atoms with Gasteiger partial charge in [0.05, 0.1) is 4.90 Å². The number of nitrogens with zero attached hydrogens (tertiary/aromatic N) is 3. The Balaban J connectivity index is 1.76. The predicted molar refractivity (Wildman–Crippen MR) is 102 cm³/mol. The Labute approximate surface area is 160 Å². The van der Waals surface area contributed by atoms with Gasteiger partial charge in [0, 0.05) is 51.9 Å². The van der Waals surface area contributed by atoms with Gasteiger partial charge >= 0.3 is 6.03 Å². The van der Waals surface area contributed by atoms with Gasteiger partial charge in [0.15, 0.2) is 0 Å². The zero-order valence-corrected chi connectivity index (χ0v) is 16.6. The maximum atomic E-state index is 13.0. The minimum Gasteiger partial charge on any atom is -0.338 e. The van der Waals surface area contributed by atoms with Gasteiger partial charge in [-0.3, -0.25) is 4.79 Å². The van der Waals surface area contributed by atoms with Gasteiger partial charge in [-0.1, -0.05) is 0 Å². The quantitative estimate of drug-likeness (QED) is 0.829. The number of amides is 3. The van der Waals surface area contributed by atoms with Crippen LogP contribution in [0.1, 0.15) is 25.8 Å². The SMILES string of the molecule is CCNC(=O)N1CCN(S(=O)(=O)c2ccc3c(c2)CCCN3C(C)=O)CC1. The molecule has 0 unspecified atom stereocenters. The molecule has 1 N–H and O–H groups in total. The Morgan fingerprint density at radius 2 is 1.81 bits per heavy atom. The maximum absolute atomic E-state index is 13.0. The molecule has 1 saturated heterocycles. The summed E-state index contributed by atoms with van der Waals surface area (Å²) in [6.45, 7) is 5.87. The van der Waals surface area contributed by atoms with E-state index in [9.17, 15) is 18.0 Å². The summed E-state index contributed by atoms with van der Waals surface area (Å²) in [5.74, 6) is -0.0342. The highest BCUT2D eigenvalue weighted by Crippen LogP contribution is 2.30. The lowest BCUT2D eigenvalue weighted by atomic mass is 10.0. The summed E-state index contributed by atoms with van der Waals surface area (Å²) in [5.41, 5.74) is 1.69. The number of carbonyl (C=O) groups is 2. The van der Waals surface area contributed by atoms with Gasteiger partial charge in [-0.25, -0.2) is 13.2 Å². The number of fused-ring (bicyclic) bond motifs is 1. The second-order valence-electron chi connectivity index (χ2n) is 6.79. The lowest BCUT2D eigenvalue weighted by Gasteiger charge is -2.34. The molecule has 27 heavy (non-hydrogen) atoms. The van der Waals surface area contributed by atoms with Gasteiger partial charge in [0.2, 0.25) is 15.9 Å². The Morgan fingerprint density at radius 3 is 2.44 bits per heavy atom. The molecule has 0 saturated carbocycles. The molecule has 3 rings (SSSR count). The smallest absolute Gasteiger partial charge is 0.317 e. The first-order chi connectivity index (χ1) is 12.8. The van der Waals surface area contributed by atoms with Gasteiger partial charge in [-0.05, 0) is 43.5 Å². The number of urea groups is 1. The van der Waals surface area contributed by atoms with E-state index in [1.54, 1.807) is 28.0 Å². The zero-order valence-electron chi connectivity index (χ0n) is 15.8. The van der Waals surface area contributed by atoms with Gasteiger partial charge in [-0.2, -0.15) is 4.31 Å². The van der Waals surface area contributed by atoms with Gasteiger partial charge < -0.3 is 15.1 Å². The molecule has 0 radical (unpaired) electrons. The van der Waals surface area contributed by atoms with Crippen LogP contribution in [0, 0.1) is 0 Å². The molecule has 0 aliphatic carbocycles. The third kappa shape index (κ3) is 3.93. The predicted octanol–water partition coefficient (Wildman–Crippen LogP) is 1.02. The molecular weight excluding hydrogens is 368 g/mol. The van der Waals surface area contributed by atoms with Crippen molar-refractivity contribution in [2.24, 2.45) is 0 Å². The van der Waals surface area contributed by atoms with E-state index in [0.29, 0.717) is 26.2 Å². The summed E-state index contributed by atoms with van der Waals surface area (Å²) in [4.78, 5) is 27.2. The molecule has 0 atom stereocenters. The highest BCUT2D eigenvalue weighted by atomic mass is 32.2. The van der Waals surface area contributed by atoms with Crippen molar-refractivity contribution in [3.63, 3.8) is 0 Å². The summed E-state index contributed by atoms with van der Waals surface area (Å²) in [6, 6.07) is 4.84. The molecule has 0 aromatic heterocycles. The largest absolute Gasteiger partial charge is 0.338 e. The van der Waals surface area contributed by atoms with Crippen LogP contribution in [0.3, 0.4) is 0 Å². The van der Waals surface area contributed by atoms with E-state index in [-0.39, 0.29) is 29.9 Å². The fraction of sp³-hybridized carbons (Fsp3) is 0.556. The Hall–Kier alpha value is -2.13. The monoisotopic (exact) mass is 394 g/mol. The number of anilines is 1. The molecule has 1 fully saturated rings. The van der Waals surface area contributed by atoms with Crippen molar-refractivity contribution >= 4 is 27.6 Å². The highest BCUT2D eigenvalue weighted by molar-refractivity contribution is 7.89. The molecule has 8 nitrogen and oxygen atoms in total. The van der Waals surface area contributed by atoms with Crippen LogP contribution in [0.4, 0.5) is 10.5 Å². The van der Waals surface area contributed by atoms with Gasteiger partial charge in [-0.15, -0.1) is 0 Å². The van der Waals surface area contributed by atoms with Crippen molar-refractivity contribution in [3.8, 4) is 0 Å². The van der Waals surface area contributed by atoms with Crippen LogP contribution in [-0.2, 0) is 21.2 Å². The third-order valence-electron chi connectivity index (χ3n) is 5.04. The summed E-state index contributed by atoms with van der Waals surface area (Å²) in [6.07, 6.45) is 1.58. The number of benzene rings is 1. The van der Waals surface area contributed by atoms with Crippen LogP contribution >= 0.6 is 0 Å². The third-order valence-corrected chi connectivity index (χ3v) is 6.94. The number of nitrogens with one attached hydrogen (secondary N) is 1. The summed E-state index contributed by atoms with van der Waals surface area (Å²) in [7, 11) is -3.62. The lowest BCUT2D eigenvalue weighted by Crippen LogP contribution is -2.53. The molecule has 3 amide bonds. The molecule has 9 heteroatoms. The van der Waals surface area contributed by atoms with E-state index in [2.05, 4.69) is 5.32 Å². The number of rotatable bonds is 3. The van der Waals surface area contributed by atoms with Crippen LogP contribution in [0.25, 0.3) is 0 Å². The van der Waals surface area contributed by atoms with E-state index < -0.39 is 10.0 Å². The number of carbonyl (C=O) groups excluding carboxylic acids is 2. The molecule has 0 bridgehead atoms. The molecule has 1 aromatic rings. The lowest BCUT2D eigenvalue weighted by molar-refractivity contribution is -0.116. The zero-order chi connectivity index (χ0) is 19.6. The first-order valence-electron chi connectivity index (χ1n) is 9.28. The molecule has 2 aliphatic rings. The molecule has 148 valence electrons. The van der Waals surface area contributed by atoms with E-state index in [1.807, 2.05) is 6.92 Å². The average Bonchev–Trinajstić information content (AvgIpc) is 2.67. The van der Waals surface area contributed by atoms with E-state index in [1.165, 1.54) is 11.2 Å². The van der Waals surface area contributed by atoms with E-state index >= 15 is 0 Å². The van der Waals surface area contributed by atoms with Crippen molar-refractivity contribution in [2.75, 3.05) is 44.2 Å². The maximum Gasteiger partial charge on any atom is 0.317 e. The summed E-state index contributed by atoms with van der Waals surface area (Å²) >= 11 is 0. The second-order valence-corrected chi connectivity index (χ2v) is 8.73. The number of sulfonamides is 1. The number of hydrogen-bond donors (Lipinski definition) is 1. The first kappa shape index (κ1) is 19.6. The van der Waals surface area contributed by atoms with Crippen molar-refractivity contribution in [3.05, 3.63) is 23.8 Å². The Bertz CT molecular complexity index is 832. The van der Waals surface area contributed by atoms with Gasteiger partial charge in [0.1, 0.15) is 0 Å². The van der Waals surface area contributed by atoms with Crippen LogP contribution in [0.2, 0.25) is 0 Å². The van der Waals surface area contributed by atoms with Crippen molar-refractivity contribution in [2.45, 2.75) is 31.6 Å². The molecule has 2 aliphatic heterocycles. The number of piperazine rings is 1. The normalized spacial score (nSPS) is 18.1. The first-order valence-corrected chi connectivity index (χ1v) is 10.7. The van der Waals surface area contributed by atoms with E-state index in [4.69, 9.17) is 0 Å². The van der Waals surface area contributed by atoms with Crippen LogP contribution in [0.15, 0.2) is 23.1 Å². The molecule has 0 spiro atoms. The molecule has 2 heterocycles. The van der Waals surface area contributed by atoms with Crippen LogP contribution in [0.5, 0.6) is 0 Å². The standard InChI is InChI=1S/C18H26N4O4S/c1-3-19-18(24)20-9-11-21(12-10-20)27(25,26)16-6-7-17-15(13-16)5-4-8-22(17)14(2)23/h6-7,13H,3-5,8-12H2,1-2H3,(H,19,24). The molecular formula is C18H26N4O4S. The van der Waals surface area contributed by atoms with Crippen LogP contribution < -0.4 is 10.2 Å². The average molecular weight is 394 g/mol. The number of aryl methyl sites for hydroxylation is 1. The highest BCUT2D eigenvalue weighted by Gasteiger charge is 2.31. The fourth-order valence-corrected chi connectivity index (χ4v) is 5.08. The van der Waals surface area contributed by atoms with E-state index in [0.717, 1.165) is 24.1 Å². The van der Waals surface area contributed by atoms with Crippen LogP contribution in [-0.4, -0.2) is 68.8 Å². The summed E-state index contributed by atoms with van der Waals surface area (Å²) in [5, 5.41) is 2.73. The fourth-order valence-electron chi connectivity index (χ4n) is 3.60. The topological polar surface area (TPSA) is 90.0 Å². The summed E-state index contributed by atoms with van der Waals surface area (Å²) < 4.78 is 27.5. The van der Waals surface area contributed by atoms with Crippen molar-refractivity contribution < 1.29 is 18.0 Å². The minimum absolute atomic E-state index is 0.0342. The van der Waals surface area contributed by atoms with Crippen molar-refractivity contribution in [1.29, 1.82) is 0 Å². The van der Waals surface area contributed by atoms with Gasteiger partial charge in [0.25, 0.3) is 0 Å². The van der Waals surface area contributed by atoms with Crippen molar-refractivity contribution in [1.82, 2.24) is 14.5 Å². The Morgan fingerprint density at radius 1 is 1.11 bits per heavy atom.